The largest absolute Gasteiger partial charge is 0.507 e. The van der Waals surface area contributed by atoms with Gasteiger partial charge < -0.3 is 9.84 Å². The topological polar surface area (TPSA) is 66.8 Å². The number of carbonyl (C=O) groups is 2. The number of hydrogen-bond acceptors (Lipinski definition) is 4. The van der Waals surface area contributed by atoms with E-state index in [0.717, 1.165) is 29.2 Å². The lowest BCUT2D eigenvalue weighted by Crippen LogP contribution is -2.30. The van der Waals surface area contributed by atoms with E-state index >= 15 is 0 Å². The minimum Gasteiger partial charge on any atom is -0.507 e. The molecule has 1 unspecified atom stereocenters. The first-order valence-corrected chi connectivity index (χ1v) is 9.48. The van der Waals surface area contributed by atoms with Crippen molar-refractivity contribution in [2.45, 2.75) is 6.04 Å². The highest BCUT2D eigenvalue weighted by Crippen LogP contribution is 2.43. The third-order valence-corrected chi connectivity index (χ3v) is 5.16. The zero-order valence-electron chi connectivity index (χ0n) is 16.7. The zero-order valence-corrected chi connectivity index (χ0v) is 16.7. The summed E-state index contributed by atoms with van der Waals surface area (Å²) in [7, 11) is 1.37. The molecule has 3 aromatic carbocycles. The van der Waals surface area contributed by atoms with Gasteiger partial charge in [-0.15, -0.1) is 0 Å². The molecule has 0 aromatic heterocycles. The van der Waals surface area contributed by atoms with E-state index < -0.39 is 40.9 Å². The van der Waals surface area contributed by atoms with Crippen LogP contribution in [0.25, 0.3) is 5.76 Å². The summed E-state index contributed by atoms with van der Waals surface area (Å²) < 4.78 is 46.9. The van der Waals surface area contributed by atoms with Gasteiger partial charge in [0.2, 0.25) is 0 Å². The van der Waals surface area contributed by atoms with Gasteiger partial charge in [0, 0.05) is 6.07 Å². The number of aliphatic hydroxyl groups is 1. The summed E-state index contributed by atoms with van der Waals surface area (Å²) >= 11 is 0. The minimum absolute atomic E-state index is 0.139. The van der Waals surface area contributed by atoms with Gasteiger partial charge in [-0.2, -0.15) is 0 Å². The van der Waals surface area contributed by atoms with Crippen LogP contribution < -0.4 is 9.64 Å². The summed E-state index contributed by atoms with van der Waals surface area (Å²) in [5.41, 5.74) is -0.317. The van der Waals surface area contributed by atoms with Crippen molar-refractivity contribution in [3.8, 4) is 5.75 Å². The Morgan fingerprint density at radius 2 is 1.59 bits per heavy atom. The maximum Gasteiger partial charge on any atom is 0.300 e. The maximum atomic E-state index is 14.6. The number of anilines is 1. The van der Waals surface area contributed by atoms with Gasteiger partial charge in [0.05, 0.1) is 30.0 Å². The van der Waals surface area contributed by atoms with Crippen molar-refractivity contribution in [3.63, 3.8) is 0 Å². The van der Waals surface area contributed by atoms with Crippen molar-refractivity contribution >= 4 is 23.1 Å². The SMILES string of the molecule is COc1ccccc1/C(O)=C1\C(=O)C(=O)N(c2ccc(F)cc2F)C1c1ccc(F)cc1. The van der Waals surface area contributed by atoms with Crippen LogP contribution in [0.5, 0.6) is 5.75 Å². The Kier molecular flexibility index (Phi) is 5.44. The first kappa shape index (κ1) is 21.2. The van der Waals surface area contributed by atoms with E-state index in [2.05, 4.69) is 0 Å². The van der Waals surface area contributed by atoms with Crippen molar-refractivity contribution in [1.82, 2.24) is 0 Å². The number of amides is 1. The van der Waals surface area contributed by atoms with Gasteiger partial charge in [-0.3, -0.25) is 14.5 Å². The van der Waals surface area contributed by atoms with E-state index in [1.54, 1.807) is 18.2 Å². The second kappa shape index (κ2) is 8.22. The van der Waals surface area contributed by atoms with Crippen molar-refractivity contribution in [2.75, 3.05) is 12.0 Å². The Balaban J connectivity index is 1.99. The first-order valence-electron chi connectivity index (χ1n) is 9.48. The van der Waals surface area contributed by atoms with Gasteiger partial charge in [0.1, 0.15) is 29.0 Å². The van der Waals surface area contributed by atoms with Crippen LogP contribution in [-0.2, 0) is 9.59 Å². The van der Waals surface area contributed by atoms with Crippen molar-refractivity contribution in [1.29, 1.82) is 0 Å². The molecule has 1 saturated heterocycles. The van der Waals surface area contributed by atoms with Gasteiger partial charge in [-0.25, -0.2) is 13.2 Å². The van der Waals surface area contributed by atoms with Crippen LogP contribution in [0.2, 0.25) is 0 Å². The zero-order chi connectivity index (χ0) is 23.0. The number of methoxy groups -OCH3 is 1. The number of para-hydroxylation sites is 1. The Bertz CT molecular complexity index is 1250. The Hall–Kier alpha value is -4.07. The molecular weight excluding hydrogens is 423 g/mol. The molecule has 1 atom stereocenters. The number of ketones is 1. The molecule has 5 nitrogen and oxygen atoms in total. The highest BCUT2D eigenvalue weighted by molar-refractivity contribution is 6.51. The van der Waals surface area contributed by atoms with Gasteiger partial charge in [0.25, 0.3) is 11.7 Å². The second-order valence-electron chi connectivity index (χ2n) is 7.02. The molecule has 4 rings (SSSR count). The van der Waals surface area contributed by atoms with E-state index in [-0.39, 0.29) is 28.1 Å². The molecule has 0 saturated carbocycles. The van der Waals surface area contributed by atoms with Gasteiger partial charge in [-0.05, 0) is 42.0 Å². The number of halogens is 3. The lowest BCUT2D eigenvalue weighted by Gasteiger charge is -2.26. The fourth-order valence-electron chi connectivity index (χ4n) is 3.70. The van der Waals surface area contributed by atoms with Gasteiger partial charge in [0.15, 0.2) is 0 Å². The highest BCUT2D eigenvalue weighted by atomic mass is 19.1. The molecule has 0 aliphatic carbocycles. The summed E-state index contributed by atoms with van der Waals surface area (Å²) in [6.45, 7) is 0. The van der Waals surface area contributed by atoms with Crippen LogP contribution in [0, 0.1) is 17.5 Å². The van der Waals surface area contributed by atoms with Crippen LogP contribution in [0.3, 0.4) is 0 Å². The lowest BCUT2D eigenvalue weighted by atomic mass is 9.94. The number of hydrogen-bond donors (Lipinski definition) is 1. The van der Waals surface area contributed by atoms with Crippen molar-refractivity contribution < 1.29 is 32.6 Å². The summed E-state index contributed by atoms with van der Waals surface area (Å²) in [4.78, 5) is 26.8. The normalized spacial score (nSPS) is 17.6. The monoisotopic (exact) mass is 439 g/mol. The fourth-order valence-corrected chi connectivity index (χ4v) is 3.70. The molecule has 0 spiro atoms. The lowest BCUT2D eigenvalue weighted by molar-refractivity contribution is -0.132. The molecule has 32 heavy (non-hydrogen) atoms. The molecule has 162 valence electrons. The maximum absolute atomic E-state index is 14.6. The molecule has 1 aliphatic rings. The molecule has 1 heterocycles. The fraction of sp³-hybridized carbons (Fsp3) is 0.0833. The van der Waals surface area contributed by atoms with Crippen LogP contribution in [-0.4, -0.2) is 23.9 Å². The van der Waals surface area contributed by atoms with Crippen LogP contribution >= 0.6 is 0 Å². The van der Waals surface area contributed by atoms with Gasteiger partial charge >= 0.3 is 0 Å². The number of ether oxygens (including phenoxy) is 1. The summed E-state index contributed by atoms with van der Waals surface area (Å²) in [5.74, 6) is -5.01. The number of benzene rings is 3. The predicted molar refractivity (Wildman–Crippen MR) is 111 cm³/mol. The number of rotatable bonds is 4. The Morgan fingerprint density at radius 3 is 2.25 bits per heavy atom. The van der Waals surface area contributed by atoms with Crippen LogP contribution in [0.1, 0.15) is 17.2 Å². The van der Waals surface area contributed by atoms with Crippen LogP contribution in [0.4, 0.5) is 18.9 Å². The first-order chi connectivity index (χ1) is 15.3. The second-order valence-corrected chi connectivity index (χ2v) is 7.02. The third kappa shape index (κ3) is 3.49. The number of Topliss-reactive ketones (excluding diaryl/α,β-unsaturated/α-hetero) is 1. The summed E-state index contributed by atoms with van der Waals surface area (Å²) in [6.07, 6.45) is 0. The van der Waals surface area contributed by atoms with Crippen molar-refractivity contribution in [3.05, 3.63) is 101 Å². The van der Waals surface area contributed by atoms with E-state index in [1.807, 2.05) is 0 Å². The van der Waals surface area contributed by atoms with E-state index in [0.29, 0.717) is 6.07 Å². The summed E-state index contributed by atoms with van der Waals surface area (Å²) in [6, 6.07) is 12.4. The van der Waals surface area contributed by atoms with E-state index in [4.69, 9.17) is 4.74 Å². The number of nitrogens with zero attached hydrogens (tertiary/aromatic N) is 1. The van der Waals surface area contributed by atoms with E-state index in [9.17, 15) is 27.9 Å². The quantitative estimate of drug-likeness (QED) is 0.362. The van der Waals surface area contributed by atoms with Crippen molar-refractivity contribution in [2.24, 2.45) is 0 Å². The van der Waals surface area contributed by atoms with E-state index in [1.165, 1.54) is 25.3 Å². The molecule has 3 aromatic rings. The number of carbonyl (C=O) groups excluding carboxylic acids is 2. The van der Waals surface area contributed by atoms with Crippen LogP contribution in [0.15, 0.2) is 72.3 Å². The highest BCUT2D eigenvalue weighted by Gasteiger charge is 2.48. The minimum atomic E-state index is -1.29. The third-order valence-electron chi connectivity index (χ3n) is 5.16. The molecule has 1 aliphatic heterocycles. The average Bonchev–Trinajstić information content (AvgIpc) is 3.04. The molecule has 0 bridgehead atoms. The molecule has 1 fully saturated rings. The predicted octanol–water partition coefficient (Wildman–Crippen LogP) is 4.74. The number of aliphatic hydroxyl groups excluding tert-OH is 1. The molecule has 1 N–H and O–H groups in total. The Labute approximate surface area is 181 Å². The average molecular weight is 439 g/mol. The summed E-state index contributed by atoms with van der Waals surface area (Å²) in [5, 5.41) is 11.1. The van der Waals surface area contributed by atoms with Gasteiger partial charge in [-0.1, -0.05) is 24.3 Å². The smallest absolute Gasteiger partial charge is 0.300 e. The Morgan fingerprint density at radius 1 is 0.938 bits per heavy atom. The molecule has 1 amide bonds. The molecule has 8 heteroatoms. The molecular formula is C24H16F3NO4. The molecule has 0 radical (unpaired) electrons. The standard InChI is InChI=1S/C24H16F3NO4/c1-32-19-5-3-2-4-16(19)22(29)20-21(13-6-8-14(25)9-7-13)28(24(31)23(20)30)18-11-10-15(26)12-17(18)27/h2-12,21,29H,1H3/b22-20+.